The van der Waals surface area contributed by atoms with Crippen molar-refractivity contribution in [2.24, 2.45) is 10.1 Å². The maximum atomic E-state index is 13.6. The minimum atomic E-state index is -1.02. The van der Waals surface area contributed by atoms with E-state index in [4.69, 9.17) is 0 Å². The van der Waals surface area contributed by atoms with Crippen molar-refractivity contribution >= 4 is 29.7 Å². The predicted molar refractivity (Wildman–Crippen MR) is 96.1 cm³/mol. The molecule has 0 fully saturated rings. The first kappa shape index (κ1) is 18.2. The van der Waals surface area contributed by atoms with Crippen molar-refractivity contribution in [3.8, 4) is 0 Å². The molecule has 7 nitrogen and oxygen atoms in total. The molecule has 0 saturated heterocycles. The molecule has 2 aromatic carbocycles. The van der Waals surface area contributed by atoms with Crippen molar-refractivity contribution < 1.29 is 18.4 Å². The Morgan fingerprint density at radius 2 is 1.85 bits per heavy atom. The zero-order chi connectivity index (χ0) is 19.2. The molecule has 0 aromatic heterocycles. The molecule has 138 valence electrons. The average Bonchev–Trinajstić information content (AvgIpc) is 2.98. The fourth-order valence-corrected chi connectivity index (χ4v) is 2.33. The van der Waals surface area contributed by atoms with Crippen LogP contribution in [0.5, 0.6) is 0 Å². The minimum absolute atomic E-state index is 0.0852. The second kappa shape index (κ2) is 8.17. The Morgan fingerprint density at radius 3 is 2.56 bits per heavy atom. The van der Waals surface area contributed by atoms with Crippen LogP contribution in [0.4, 0.5) is 14.5 Å². The van der Waals surface area contributed by atoms with Gasteiger partial charge in [0.1, 0.15) is 23.4 Å². The van der Waals surface area contributed by atoms with Gasteiger partial charge in [-0.3, -0.25) is 14.9 Å². The molecule has 9 heteroatoms. The van der Waals surface area contributed by atoms with Crippen LogP contribution in [0, 0.1) is 11.6 Å². The van der Waals surface area contributed by atoms with Gasteiger partial charge >= 0.3 is 0 Å². The van der Waals surface area contributed by atoms with Crippen LogP contribution >= 0.6 is 0 Å². The van der Waals surface area contributed by atoms with Gasteiger partial charge in [-0.15, -0.1) is 0 Å². The van der Waals surface area contributed by atoms with Crippen molar-refractivity contribution in [2.75, 3.05) is 5.32 Å². The van der Waals surface area contributed by atoms with Crippen molar-refractivity contribution in [1.29, 1.82) is 0 Å². The predicted octanol–water partition coefficient (Wildman–Crippen LogP) is 1.77. The van der Waals surface area contributed by atoms with Gasteiger partial charge < -0.3 is 5.32 Å². The Balaban J connectivity index is 1.57. The maximum Gasteiger partial charge on any atom is 0.252 e. The van der Waals surface area contributed by atoms with Gasteiger partial charge in [-0.2, -0.15) is 5.10 Å². The number of aliphatic imine (C=N–C) groups is 1. The van der Waals surface area contributed by atoms with Crippen molar-refractivity contribution in [1.82, 2.24) is 10.7 Å². The third kappa shape index (κ3) is 4.72. The third-order valence-corrected chi connectivity index (χ3v) is 3.62. The summed E-state index contributed by atoms with van der Waals surface area (Å²) in [5, 5.41) is 8.50. The van der Waals surface area contributed by atoms with E-state index >= 15 is 0 Å². The normalized spacial score (nSPS) is 16.1. The molecule has 0 spiro atoms. The number of benzene rings is 2. The number of halogens is 2. The first-order valence-corrected chi connectivity index (χ1v) is 7.99. The molecule has 3 rings (SSSR count). The minimum Gasteiger partial charge on any atom is -0.321 e. The molecule has 0 radical (unpaired) electrons. The van der Waals surface area contributed by atoms with Crippen LogP contribution in [0.1, 0.15) is 12.0 Å². The molecule has 3 N–H and O–H groups in total. The molecule has 1 aliphatic heterocycles. The highest BCUT2D eigenvalue weighted by Gasteiger charge is 2.29. The summed E-state index contributed by atoms with van der Waals surface area (Å²) in [7, 11) is 0. The maximum absolute atomic E-state index is 13.6. The van der Waals surface area contributed by atoms with E-state index in [1.165, 1.54) is 12.3 Å². The second-order valence-electron chi connectivity index (χ2n) is 5.61. The van der Waals surface area contributed by atoms with Crippen molar-refractivity contribution in [3.63, 3.8) is 0 Å². The fourth-order valence-electron chi connectivity index (χ4n) is 2.33. The molecule has 1 aliphatic rings. The quantitative estimate of drug-likeness (QED) is 0.552. The summed E-state index contributed by atoms with van der Waals surface area (Å²) in [5.41, 5.74) is 2.85. The Morgan fingerprint density at radius 1 is 1.15 bits per heavy atom. The van der Waals surface area contributed by atoms with Crippen LogP contribution in [-0.4, -0.2) is 30.0 Å². The van der Waals surface area contributed by atoms with Crippen LogP contribution in [-0.2, 0) is 9.59 Å². The summed E-state index contributed by atoms with van der Waals surface area (Å²) in [4.78, 5) is 27.9. The Hall–Kier alpha value is -3.62. The fraction of sp³-hybridized carbons (Fsp3) is 0.111. The largest absolute Gasteiger partial charge is 0.321 e. The monoisotopic (exact) mass is 371 g/mol. The molecule has 0 bridgehead atoms. The molecule has 0 unspecified atom stereocenters. The van der Waals surface area contributed by atoms with Gasteiger partial charge in [-0.25, -0.2) is 19.2 Å². The van der Waals surface area contributed by atoms with E-state index < -0.39 is 35.2 Å². The average molecular weight is 371 g/mol. The van der Waals surface area contributed by atoms with Gasteiger partial charge in [0.05, 0.1) is 12.6 Å². The number of hydrazone groups is 1. The Labute approximate surface area is 153 Å². The number of amides is 2. The standard InChI is InChI=1S/C18H15F2N5O2/c19-12-7-4-8-13(20)16(12)23-15(26)9-14-17(27)24-18(22-14)25-21-10-11-5-2-1-3-6-11/h1-8,10,14H,9H2,(H,23,26)(H2,22,24,25,27)/b21-10-/t14-/m0/s1. The topological polar surface area (TPSA) is 94.9 Å². The number of rotatable bonds is 5. The van der Waals surface area contributed by atoms with Gasteiger partial charge in [0.15, 0.2) is 0 Å². The van der Waals surface area contributed by atoms with E-state index in [2.05, 4.69) is 26.2 Å². The van der Waals surface area contributed by atoms with Crippen molar-refractivity contribution in [2.45, 2.75) is 12.5 Å². The van der Waals surface area contributed by atoms with Gasteiger partial charge in [-0.1, -0.05) is 36.4 Å². The zero-order valence-corrected chi connectivity index (χ0v) is 13.9. The molecule has 1 atom stereocenters. The van der Waals surface area contributed by atoms with Gasteiger partial charge in [0, 0.05) is 0 Å². The number of guanidine groups is 1. The molecule has 27 heavy (non-hydrogen) atoms. The molecule has 0 aliphatic carbocycles. The number of anilines is 1. The van der Waals surface area contributed by atoms with E-state index in [9.17, 15) is 18.4 Å². The summed E-state index contributed by atoms with van der Waals surface area (Å²) in [5.74, 6) is -2.98. The van der Waals surface area contributed by atoms with E-state index in [1.807, 2.05) is 30.3 Å². The number of para-hydroxylation sites is 1. The SMILES string of the molecule is O=C(C[C@@H]1N=C(N/N=C\c2ccccc2)NC1=O)Nc1c(F)cccc1F. The summed E-state index contributed by atoms with van der Waals surface area (Å²) < 4.78 is 27.1. The lowest BCUT2D eigenvalue weighted by Gasteiger charge is -2.08. The summed E-state index contributed by atoms with van der Waals surface area (Å²) >= 11 is 0. The molecular weight excluding hydrogens is 356 g/mol. The lowest BCUT2D eigenvalue weighted by atomic mass is 10.2. The van der Waals surface area contributed by atoms with E-state index in [-0.39, 0.29) is 12.4 Å². The van der Waals surface area contributed by atoms with E-state index in [0.29, 0.717) is 0 Å². The van der Waals surface area contributed by atoms with Crippen LogP contribution in [0.2, 0.25) is 0 Å². The first-order valence-electron chi connectivity index (χ1n) is 7.99. The highest BCUT2D eigenvalue weighted by atomic mass is 19.1. The molecule has 0 saturated carbocycles. The third-order valence-electron chi connectivity index (χ3n) is 3.62. The highest BCUT2D eigenvalue weighted by Crippen LogP contribution is 2.18. The van der Waals surface area contributed by atoms with Gasteiger partial charge in [-0.05, 0) is 17.7 Å². The second-order valence-corrected chi connectivity index (χ2v) is 5.61. The van der Waals surface area contributed by atoms with Gasteiger partial charge in [0.2, 0.25) is 11.9 Å². The Bertz CT molecular complexity index is 895. The number of hydrogen-bond acceptors (Lipinski definition) is 5. The molecule has 2 aromatic rings. The molecule has 1 heterocycles. The van der Waals surface area contributed by atoms with Crippen LogP contribution in [0.15, 0.2) is 58.6 Å². The number of hydrogen-bond donors (Lipinski definition) is 3. The smallest absolute Gasteiger partial charge is 0.252 e. The number of carbonyl (C=O) groups is 2. The number of nitrogens with one attached hydrogen (secondary N) is 3. The zero-order valence-electron chi connectivity index (χ0n) is 13.9. The molecule has 2 amide bonds. The number of carbonyl (C=O) groups excluding carboxylic acids is 2. The van der Waals surface area contributed by atoms with Crippen molar-refractivity contribution in [3.05, 3.63) is 65.7 Å². The summed E-state index contributed by atoms with van der Waals surface area (Å²) in [6.45, 7) is 0. The Kier molecular flexibility index (Phi) is 5.50. The number of nitrogens with zero attached hydrogens (tertiary/aromatic N) is 2. The van der Waals surface area contributed by atoms with Crippen LogP contribution < -0.4 is 16.1 Å². The van der Waals surface area contributed by atoms with Gasteiger partial charge in [0.25, 0.3) is 5.91 Å². The lowest BCUT2D eigenvalue weighted by Crippen LogP contribution is -2.35. The molecular formula is C18H15F2N5O2. The first-order chi connectivity index (χ1) is 13.0. The highest BCUT2D eigenvalue weighted by molar-refractivity contribution is 6.07. The summed E-state index contributed by atoms with van der Waals surface area (Å²) in [6, 6.07) is 11.5. The lowest BCUT2D eigenvalue weighted by molar-refractivity contribution is -0.123. The van der Waals surface area contributed by atoms with Crippen LogP contribution in [0.25, 0.3) is 0 Å². The van der Waals surface area contributed by atoms with E-state index in [0.717, 1.165) is 17.7 Å². The van der Waals surface area contributed by atoms with Crippen LogP contribution in [0.3, 0.4) is 0 Å². The summed E-state index contributed by atoms with van der Waals surface area (Å²) in [6.07, 6.45) is 1.17. The van der Waals surface area contributed by atoms with E-state index in [1.54, 1.807) is 0 Å².